The third-order valence-electron chi connectivity index (χ3n) is 5.29. The average molecular weight is 553 g/mol. The molecule has 1 aromatic heterocycles. The van der Waals surface area contributed by atoms with Crippen LogP contribution in [0.5, 0.6) is 0 Å². The lowest BCUT2D eigenvalue weighted by atomic mass is 10.1. The highest BCUT2D eigenvalue weighted by Gasteiger charge is 2.27. The molecule has 1 aliphatic heterocycles. The number of rotatable bonds is 5. The number of benzene rings is 2. The standard InChI is InChI=1S/C23H25F2N5O.HI/c1-15-6-8-16(9-7-15)22-28-18(14-31-22)12-27-23(26-2)29-17-10-11-30(13-17)21-19(24)4-3-5-20(21)25;/h3-9,14,17H,10-13H2,1-2H3,(H2,26,27,29);1H. The Bertz CT molecular complexity index is 1050. The Balaban J connectivity index is 0.00000289. The zero-order chi connectivity index (χ0) is 21.8. The van der Waals surface area contributed by atoms with E-state index in [9.17, 15) is 8.78 Å². The van der Waals surface area contributed by atoms with Crippen LogP contribution in [-0.2, 0) is 6.54 Å². The SMILES string of the molecule is CN=C(NCc1coc(-c2ccc(C)cc2)n1)NC1CCN(c2c(F)cccc2F)C1.I. The van der Waals surface area contributed by atoms with E-state index < -0.39 is 11.6 Å². The summed E-state index contributed by atoms with van der Waals surface area (Å²) in [5.74, 6) is 0.0796. The van der Waals surface area contributed by atoms with Gasteiger partial charge in [0.05, 0.1) is 12.2 Å². The van der Waals surface area contributed by atoms with Gasteiger partial charge in [-0.05, 0) is 37.6 Å². The smallest absolute Gasteiger partial charge is 0.226 e. The van der Waals surface area contributed by atoms with E-state index in [1.807, 2.05) is 31.2 Å². The van der Waals surface area contributed by atoms with E-state index >= 15 is 0 Å². The molecule has 2 N–H and O–H groups in total. The second-order valence-corrected chi connectivity index (χ2v) is 7.58. The summed E-state index contributed by atoms with van der Waals surface area (Å²) in [6.45, 7) is 3.52. The highest BCUT2D eigenvalue weighted by molar-refractivity contribution is 14.0. The van der Waals surface area contributed by atoms with E-state index in [0.717, 1.165) is 17.7 Å². The lowest BCUT2D eigenvalue weighted by molar-refractivity contribution is 0.571. The summed E-state index contributed by atoms with van der Waals surface area (Å²) in [4.78, 5) is 10.5. The maximum atomic E-state index is 14.1. The van der Waals surface area contributed by atoms with Crippen molar-refractivity contribution in [2.24, 2.45) is 4.99 Å². The number of guanidine groups is 1. The van der Waals surface area contributed by atoms with Crippen molar-refractivity contribution in [1.29, 1.82) is 0 Å². The van der Waals surface area contributed by atoms with E-state index in [-0.39, 0.29) is 35.7 Å². The Hall–Kier alpha value is -2.69. The normalized spacial score (nSPS) is 16.1. The number of nitrogens with one attached hydrogen (secondary N) is 2. The summed E-state index contributed by atoms with van der Waals surface area (Å²) < 4.78 is 33.7. The van der Waals surface area contributed by atoms with Crippen LogP contribution >= 0.6 is 24.0 Å². The van der Waals surface area contributed by atoms with Crippen molar-refractivity contribution in [2.45, 2.75) is 25.9 Å². The van der Waals surface area contributed by atoms with Crippen LogP contribution in [0.2, 0.25) is 0 Å². The molecule has 0 aliphatic carbocycles. The molecule has 1 fully saturated rings. The summed E-state index contributed by atoms with van der Waals surface area (Å²) in [6.07, 6.45) is 2.36. The van der Waals surface area contributed by atoms with Gasteiger partial charge in [-0.1, -0.05) is 23.8 Å². The minimum Gasteiger partial charge on any atom is -0.444 e. The first-order chi connectivity index (χ1) is 15.0. The second kappa shape index (κ2) is 10.8. The molecule has 2 heterocycles. The fraction of sp³-hybridized carbons (Fsp3) is 0.304. The maximum absolute atomic E-state index is 14.1. The van der Waals surface area contributed by atoms with Crippen LogP contribution < -0.4 is 15.5 Å². The van der Waals surface area contributed by atoms with E-state index in [0.29, 0.717) is 31.5 Å². The first kappa shape index (κ1) is 24.0. The summed E-state index contributed by atoms with van der Waals surface area (Å²) in [5.41, 5.74) is 2.88. The zero-order valence-electron chi connectivity index (χ0n) is 17.9. The first-order valence-corrected chi connectivity index (χ1v) is 10.2. The van der Waals surface area contributed by atoms with Gasteiger partial charge in [0, 0.05) is 31.7 Å². The molecule has 3 aromatic rings. The van der Waals surface area contributed by atoms with Crippen LogP contribution in [0.15, 0.2) is 58.1 Å². The third kappa shape index (κ3) is 5.56. The summed E-state index contributed by atoms with van der Waals surface area (Å²) in [6, 6.07) is 11.9. The molecule has 9 heteroatoms. The number of anilines is 1. The zero-order valence-corrected chi connectivity index (χ0v) is 20.3. The number of aromatic nitrogens is 1. The number of nitrogens with zero attached hydrogens (tertiary/aromatic N) is 3. The van der Waals surface area contributed by atoms with Crippen molar-refractivity contribution in [1.82, 2.24) is 15.6 Å². The molecule has 1 atom stereocenters. The Morgan fingerprint density at radius 3 is 2.59 bits per heavy atom. The topological polar surface area (TPSA) is 65.7 Å². The molecule has 170 valence electrons. The van der Waals surface area contributed by atoms with Crippen molar-refractivity contribution < 1.29 is 13.2 Å². The first-order valence-electron chi connectivity index (χ1n) is 10.2. The maximum Gasteiger partial charge on any atom is 0.226 e. The number of hydrogen-bond donors (Lipinski definition) is 2. The number of aryl methyl sites for hydroxylation is 1. The lowest BCUT2D eigenvalue weighted by Crippen LogP contribution is -2.44. The molecule has 0 amide bonds. The van der Waals surface area contributed by atoms with Crippen molar-refractivity contribution in [3.63, 3.8) is 0 Å². The van der Waals surface area contributed by atoms with Crippen LogP contribution in [0.1, 0.15) is 17.7 Å². The molecule has 0 radical (unpaired) electrons. The molecule has 2 aromatic carbocycles. The van der Waals surface area contributed by atoms with Crippen LogP contribution in [-0.4, -0.2) is 37.1 Å². The Kier molecular flexibility index (Phi) is 8.05. The predicted octanol–water partition coefficient (Wildman–Crippen LogP) is 4.49. The molecule has 1 unspecified atom stereocenters. The van der Waals surface area contributed by atoms with Crippen molar-refractivity contribution in [3.8, 4) is 11.5 Å². The molecule has 1 saturated heterocycles. The van der Waals surface area contributed by atoms with Gasteiger partial charge >= 0.3 is 0 Å². The van der Waals surface area contributed by atoms with Gasteiger partial charge in [0.15, 0.2) is 5.96 Å². The fourth-order valence-electron chi connectivity index (χ4n) is 3.65. The highest BCUT2D eigenvalue weighted by Crippen LogP contribution is 2.26. The van der Waals surface area contributed by atoms with Gasteiger partial charge in [-0.3, -0.25) is 4.99 Å². The second-order valence-electron chi connectivity index (χ2n) is 7.58. The average Bonchev–Trinajstić information content (AvgIpc) is 3.41. The number of oxazole rings is 1. The van der Waals surface area contributed by atoms with Gasteiger partial charge in [-0.25, -0.2) is 13.8 Å². The molecule has 0 saturated carbocycles. The van der Waals surface area contributed by atoms with Gasteiger partial charge in [-0.15, -0.1) is 24.0 Å². The minimum atomic E-state index is -0.543. The fourth-order valence-corrected chi connectivity index (χ4v) is 3.65. The van der Waals surface area contributed by atoms with Gasteiger partial charge in [0.1, 0.15) is 23.6 Å². The summed E-state index contributed by atoms with van der Waals surface area (Å²) in [5, 5.41) is 6.53. The highest BCUT2D eigenvalue weighted by atomic mass is 127. The molecule has 1 aliphatic rings. The number of hydrogen-bond acceptors (Lipinski definition) is 4. The third-order valence-corrected chi connectivity index (χ3v) is 5.29. The van der Waals surface area contributed by atoms with Crippen LogP contribution in [0.3, 0.4) is 0 Å². The molecule has 0 spiro atoms. The molecular formula is C23H26F2IN5O. The Morgan fingerprint density at radius 1 is 1.19 bits per heavy atom. The van der Waals surface area contributed by atoms with Crippen LogP contribution in [0.4, 0.5) is 14.5 Å². The molecule has 4 rings (SSSR count). The van der Waals surface area contributed by atoms with Gasteiger partial charge in [-0.2, -0.15) is 0 Å². The van der Waals surface area contributed by atoms with E-state index in [1.165, 1.54) is 23.8 Å². The van der Waals surface area contributed by atoms with Crippen LogP contribution in [0, 0.1) is 18.6 Å². The summed E-state index contributed by atoms with van der Waals surface area (Å²) in [7, 11) is 1.68. The van der Waals surface area contributed by atoms with E-state index in [2.05, 4.69) is 20.6 Å². The van der Waals surface area contributed by atoms with Gasteiger partial charge in [0.25, 0.3) is 0 Å². The largest absolute Gasteiger partial charge is 0.444 e. The number of aliphatic imine (C=N–C) groups is 1. The quantitative estimate of drug-likeness (QED) is 0.277. The molecule has 6 nitrogen and oxygen atoms in total. The Morgan fingerprint density at radius 2 is 1.91 bits per heavy atom. The molecule has 32 heavy (non-hydrogen) atoms. The minimum absolute atomic E-state index is 0. The lowest BCUT2D eigenvalue weighted by Gasteiger charge is -2.21. The summed E-state index contributed by atoms with van der Waals surface area (Å²) >= 11 is 0. The van der Waals surface area contributed by atoms with E-state index in [1.54, 1.807) is 18.2 Å². The number of para-hydroxylation sites is 1. The van der Waals surface area contributed by atoms with E-state index in [4.69, 9.17) is 4.42 Å². The Labute approximate surface area is 203 Å². The molecular weight excluding hydrogens is 527 g/mol. The van der Waals surface area contributed by atoms with Gasteiger partial charge < -0.3 is 20.0 Å². The van der Waals surface area contributed by atoms with Gasteiger partial charge in [0.2, 0.25) is 5.89 Å². The van der Waals surface area contributed by atoms with Crippen molar-refractivity contribution >= 4 is 35.6 Å². The number of halogens is 3. The van der Waals surface area contributed by atoms with Crippen molar-refractivity contribution in [3.05, 3.63) is 71.6 Å². The van der Waals surface area contributed by atoms with Crippen LogP contribution in [0.25, 0.3) is 11.5 Å². The van der Waals surface area contributed by atoms with Crippen molar-refractivity contribution in [2.75, 3.05) is 25.0 Å². The predicted molar refractivity (Wildman–Crippen MR) is 132 cm³/mol. The monoisotopic (exact) mass is 553 g/mol. The molecule has 0 bridgehead atoms.